The number of terminal acetylenes is 1. The van der Waals surface area contributed by atoms with Crippen LogP contribution in [-0.2, 0) is 9.31 Å². The van der Waals surface area contributed by atoms with Crippen molar-refractivity contribution in [1.82, 2.24) is 0 Å². The average molecular weight is 306 g/mol. The van der Waals surface area contributed by atoms with Gasteiger partial charge in [0.25, 0.3) is 0 Å². The van der Waals surface area contributed by atoms with E-state index in [1.54, 1.807) is 11.3 Å². The first-order valence-corrected chi connectivity index (χ1v) is 7.65. The van der Waals surface area contributed by atoms with E-state index >= 15 is 0 Å². The third kappa shape index (κ3) is 3.39. The molecule has 0 unspecified atom stereocenters. The summed E-state index contributed by atoms with van der Waals surface area (Å²) in [6.45, 7) is 8.12. The van der Waals surface area contributed by atoms with E-state index in [0.717, 1.165) is 10.3 Å². The zero-order valence-electron chi connectivity index (χ0n) is 13.0. The van der Waals surface area contributed by atoms with Crippen molar-refractivity contribution in [3.05, 3.63) is 17.0 Å². The highest BCUT2D eigenvalue weighted by molar-refractivity contribution is 7.21. The van der Waals surface area contributed by atoms with Crippen LogP contribution in [0.25, 0.3) is 0 Å². The standard InChI is InChI=1S/C18H15BO2S/c1-6-7-8-9-10-11-12-15-13-14-22-16(15)19-20-17(2,3)18(4,5)21-19/h1,13-14H,2-5H3. The molecule has 1 saturated heterocycles. The monoisotopic (exact) mass is 306 g/mol. The second kappa shape index (κ2) is 6.36. The van der Waals surface area contributed by atoms with Gasteiger partial charge in [-0.15, -0.1) is 6.42 Å². The van der Waals surface area contributed by atoms with Gasteiger partial charge in [-0.3, -0.25) is 0 Å². The fraction of sp³-hybridized carbons (Fsp3) is 0.333. The van der Waals surface area contributed by atoms with Crippen molar-refractivity contribution in [1.29, 1.82) is 0 Å². The minimum atomic E-state index is -0.400. The molecule has 1 aliphatic heterocycles. The maximum atomic E-state index is 6.05. The van der Waals surface area contributed by atoms with E-state index in [1.165, 1.54) is 0 Å². The molecule has 108 valence electrons. The predicted octanol–water partition coefficient (Wildman–Crippen LogP) is 2.04. The second-order valence-electron chi connectivity index (χ2n) is 5.68. The van der Waals surface area contributed by atoms with Crippen molar-refractivity contribution in [2.24, 2.45) is 0 Å². The zero-order valence-corrected chi connectivity index (χ0v) is 13.9. The molecule has 0 amide bonds. The average Bonchev–Trinajstić information content (AvgIpc) is 2.97. The minimum absolute atomic E-state index is 0.364. The van der Waals surface area contributed by atoms with Crippen LogP contribution >= 0.6 is 11.3 Å². The van der Waals surface area contributed by atoms with Crippen molar-refractivity contribution in [2.45, 2.75) is 38.9 Å². The van der Waals surface area contributed by atoms with E-state index in [9.17, 15) is 0 Å². The van der Waals surface area contributed by atoms with Crippen LogP contribution in [0.5, 0.6) is 0 Å². The van der Waals surface area contributed by atoms with Crippen LogP contribution in [0.4, 0.5) is 0 Å². The fourth-order valence-corrected chi connectivity index (χ4v) is 2.59. The molecule has 2 nitrogen and oxygen atoms in total. The number of hydrogen-bond acceptors (Lipinski definition) is 3. The Morgan fingerprint density at radius 2 is 1.59 bits per heavy atom. The van der Waals surface area contributed by atoms with Gasteiger partial charge in [0.1, 0.15) is 0 Å². The number of rotatable bonds is 1. The molecule has 1 aromatic heterocycles. The minimum Gasteiger partial charge on any atom is -0.399 e. The molecule has 0 spiro atoms. The summed E-state index contributed by atoms with van der Waals surface area (Å²) in [7, 11) is -0.400. The Hall–Kier alpha value is -2.08. The molecule has 0 aromatic carbocycles. The Balaban J connectivity index is 2.20. The quantitative estimate of drug-likeness (QED) is 0.584. The molecule has 0 aliphatic carbocycles. The van der Waals surface area contributed by atoms with Crippen LogP contribution in [0.2, 0.25) is 0 Å². The SMILES string of the molecule is C#CC#CC#CC#Cc1ccsc1B1OC(C)(C)C(C)(C)O1. The zero-order chi connectivity index (χ0) is 16.2. The Kier molecular flexibility index (Phi) is 4.71. The topological polar surface area (TPSA) is 18.5 Å². The molecule has 2 rings (SSSR count). The first-order valence-electron chi connectivity index (χ1n) is 6.77. The molecule has 1 fully saturated rings. The van der Waals surface area contributed by atoms with Gasteiger partial charge in [0.2, 0.25) is 0 Å². The van der Waals surface area contributed by atoms with Gasteiger partial charge in [-0.05, 0) is 74.7 Å². The van der Waals surface area contributed by atoms with Gasteiger partial charge in [-0.1, -0.05) is 5.92 Å². The van der Waals surface area contributed by atoms with Gasteiger partial charge in [0, 0.05) is 5.56 Å². The van der Waals surface area contributed by atoms with Crippen LogP contribution in [-0.4, -0.2) is 18.3 Å². The van der Waals surface area contributed by atoms with Gasteiger partial charge >= 0.3 is 7.12 Å². The number of thiophene rings is 1. The largest absolute Gasteiger partial charge is 0.506 e. The van der Waals surface area contributed by atoms with E-state index in [2.05, 4.69) is 41.4 Å². The molecule has 1 aliphatic rings. The molecular weight excluding hydrogens is 291 g/mol. The molecule has 2 heterocycles. The van der Waals surface area contributed by atoms with Crippen molar-refractivity contribution in [3.63, 3.8) is 0 Å². The van der Waals surface area contributed by atoms with Gasteiger partial charge in [-0.2, -0.15) is 11.3 Å². The lowest BCUT2D eigenvalue weighted by atomic mass is 9.85. The molecule has 4 heteroatoms. The summed E-state index contributed by atoms with van der Waals surface area (Å²) in [4.78, 5) is 0. The highest BCUT2D eigenvalue weighted by atomic mass is 32.1. The lowest BCUT2D eigenvalue weighted by Crippen LogP contribution is -2.41. The predicted molar refractivity (Wildman–Crippen MR) is 91.3 cm³/mol. The van der Waals surface area contributed by atoms with Gasteiger partial charge in [0.15, 0.2) is 0 Å². The molecule has 1 aromatic rings. The maximum Gasteiger partial charge on any atom is 0.506 e. The maximum absolute atomic E-state index is 6.05. The van der Waals surface area contributed by atoms with Gasteiger partial charge in [-0.25, -0.2) is 0 Å². The molecule has 22 heavy (non-hydrogen) atoms. The third-order valence-electron chi connectivity index (χ3n) is 3.68. The van der Waals surface area contributed by atoms with Crippen LogP contribution < -0.4 is 4.78 Å². The Morgan fingerprint density at radius 3 is 2.23 bits per heavy atom. The van der Waals surface area contributed by atoms with Crippen molar-refractivity contribution >= 4 is 23.2 Å². The summed E-state index contributed by atoms with van der Waals surface area (Å²) < 4.78 is 13.1. The summed E-state index contributed by atoms with van der Waals surface area (Å²) in [5, 5.41) is 1.97. The van der Waals surface area contributed by atoms with E-state index in [1.807, 2.05) is 39.1 Å². The van der Waals surface area contributed by atoms with E-state index in [-0.39, 0.29) is 11.2 Å². The summed E-state index contributed by atoms with van der Waals surface area (Å²) in [5.74, 6) is 18.1. The van der Waals surface area contributed by atoms with Crippen LogP contribution in [0, 0.1) is 47.9 Å². The summed E-state index contributed by atoms with van der Waals surface area (Å²) >= 11 is 1.57. The molecule has 0 saturated carbocycles. The smallest absolute Gasteiger partial charge is 0.399 e. The van der Waals surface area contributed by atoms with E-state index < -0.39 is 7.12 Å². The molecular formula is C18H15BO2S. The molecule has 0 N–H and O–H groups in total. The van der Waals surface area contributed by atoms with Gasteiger partial charge < -0.3 is 9.31 Å². The van der Waals surface area contributed by atoms with Crippen LogP contribution in [0.15, 0.2) is 11.4 Å². The number of hydrogen-bond donors (Lipinski definition) is 0. The molecule has 0 atom stereocenters. The van der Waals surface area contributed by atoms with Crippen molar-refractivity contribution < 1.29 is 9.31 Å². The second-order valence-corrected chi connectivity index (χ2v) is 6.63. The molecule has 0 radical (unpaired) electrons. The lowest BCUT2D eigenvalue weighted by molar-refractivity contribution is 0.00578. The summed E-state index contributed by atoms with van der Waals surface area (Å²) in [6.07, 6.45) is 5.00. The van der Waals surface area contributed by atoms with E-state index in [0.29, 0.717) is 0 Å². The highest BCUT2D eigenvalue weighted by Gasteiger charge is 2.52. The normalized spacial score (nSPS) is 17.1. The van der Waals surface area contributed by atoms with Gasteiger partial charge in [0.05, 0.1) is 16.0 Å². The summed E-state index contributed by atoms with van der Waals surface area (Å²) in [6, 6.07) is 1.94. The third-order valence-corrected chi connectivity index (χ3v) is 4.62. The fourth-order valence-electron chi connectivity index (χ4n) is 1.79. The molecule has 0 bridgehead atoms. The first-order chi connectivity index (χ1) is 10.4. The summed E-state index contributed by atoms with van der Waals surface area (Å²) in [5.41, 5.74) is 0.135. The van der Waals surface area contributed by atoms with Crippen molar-refractivity contribution in [2.75, 3.05) is 0 Å². The Bertz CT molecular complexity index is 776. The lowest BCUT2D eigenvalue weighted by Gasteiger charge is -2.32. The van der Waals surface area contributed by atoms with Crippen molar-refractivity contribution in [3.8, 4) is 47.9 Å². The van der Waals surface area contributed by atoms with Crippen LogP contribution in [0.3, 0.4) is 0 Å². The highest BCUT2D eigenvalue weighted by Crippen LogP contribution is 2.37. The van der Waals surface area contributed by atoms with Crippen LogP contribution in [0.1, 0.15) is 33.3 Å². The van der Waals surface area contributed by atoms with E-state index in [4.69, 9.17) is 15.7 Å². The first kappa shape index (κ1) is 16.3. The Morgan fingerprint density at radius 1 is 1.00 bits per heavy atom. The Labute approximate surface area is 136 Å².